The number of nitrogens with zero attached hydrogens (tertiary/aromatic N) is 5. The van der Waals surface area contributed by atoms with Crippen molar-refractivity contribution in [3.8, 4) is 11.4 Å². The molecule has 0 saturated carbocycles. The van der Waals surface area contributed by atoms with Crippen molar-refractivity contribution in [1.29, 1.82) is 0 Å². The zero-order chi connectivity index (χ0) is 25.8. The molecule has 10 heteroatoms. The Hall–Kier alpha value is -3.47. The Bertz CT molecular complexity index is 1460. The molecule has 1 aliphatic heterocycles. The van der Waals surface area contributed by atoms with Gasteiger partial charge in [0, 0.05) is 50.5 Å². The molecule has 2 aromatic heterocycles. The van der Waals surface area contributed by atoms with E-state index in [0.717, 1.165) is 66.3 Å². The molecule has 1 saturated heterocycles. The molecule has 9 nitrogen and oxygen atoms in total. The van der Waals surface area contributed by atoms with Gasteiger partial charge in [0.25, 0.3) is 0 Å². The molecule has 0 radical (unpaired) electrons. The van der Waals surface area contributed by atoms with E-state index in [9.17, 15) is 8.42 Å². The van der Waals surface area contributed by atoms with E-state index >= 15 is 0 Å². The highest BCUT2D eigenvalue weighted by Gasteiger charge is 2.28. The highest BCUT2D eigenvalue weighted by Crippen LogP contribution is 2.36. The van der Waals surface area contributed by atoms with Gasteiger partial charge < -0.3 is 9.64 Å². The van der Waals surface area contributed by atoms with Gasteiger partial charge in [-0.15, -0.1) is 0 Å². The quantitative estimate of drug-likeness (QED) is 0.381. The topological polar surface area (TPSA) is 92.6 Å². The lowest BCUT2D eigenvalue weighted by molar-refractivity contribution is 0.208. The molecule has 194 valence electrons. The SMILES string of the molecule is COc1ccc2cccnc2c1N1CCCN(C(CNS(C)(=O)=O)c2ccn(-c3ccccc3)n2)CC1. The van der Waals surface area contributed by atoms with Crippen molar-refractivity contribution in [2.75, 3.05) is 51.0 Å². The summed E-state index contributed by atoms with van der Waals surface area (Å²) in [6.45, 7) is 3.39. The highest BCUT2D eigenvalue weighted by atomic mass is 32.2. The van der Waals surface area contributed by atoms with E-state index in [1.165, 1.54) is 6.26 Å². The van der Waals surface area contributed by atoms with Crippen LogP contribution < -0.4 is 14.4 Å². The molecular weight excluding hydrogens is 488 g/mol. The van der Waals surface area contributed by atoms with Crippen molar-refractivity contribution in [1.82, 2.24) is 24.4 Å². The van der Waals surface area contributed by atoms with Crippen LogP contribution in [-0.2, 0) is 10.0 Å². The molecule has 3 heterocycles. The molecule has 1 aliphatic rings. The van der Waals surface area contributed by atoms with E-state index in [-0.39, 0.29) is 12.6 Å². The molecule has 2 aromatic carbocycles. The molecule has 1 atom stereocenters. The summed E-state index contributed by atoms with van der Waals surface area (Å²) in [7, 11) is -1.67. The predicted molar refractivity (Wildman–Crippen MR) is 146 cm³/mol. The first-order valence-corrected chi connectivity index (χ1v) is 14.3. The predicted octanol–water partition coefficient (Wildman–Crippen LogP) is 3.23. The second kappa shape index (κ2) is 10.9. The Labute approximate surface area is 217 Å². The first-order chi connectivity index (χ1) is 17.9. The fourth-order valence-electron chi connectivity index (χ4n) is 4.95. The minimum absolute atomic E-state index is 0.202. The van der Waals surface area contributed by atoms with Crippen molar-refractivity contribution in [2.45, 2.75) is 12.5 Å². The van der Waals surface area contributed by atoms with Crippen molar-refractivity contribution < 1.29 is 13.2 Å². The maximum atomic E-state index is 12.0. The van der Waals surface area contributed by atoms with Crippen LogP contribution in [-0.4, -0.2) is 74.2 Å². The number of nitrogens with one attached hydrogen (secondary N) is 1. The number of para-hydroxylation sites is 1. The van der Waals surface area contributed by atoms with Gasteiger partial charge in [-0.3, -0.25) is 9.88 Å². The first kappa shape index (κ1) is 25.2. The lowest BCUT2D eigenvalue weighted by Gasteiger charge is -2.30. The monoisotopic (exact) mass is 520 g/mol. The van der Waals surface area contributed by atoms with Crippen LogP contribution in [0.4, 0.5) is 5.69 Å². The van der Waals surface area contributed by atoms with Gasteiger partial charge >= 0.3 is 0 Å². The molecular formula is C27H32N6O3S. The number of rotatable bonds is 8. The molecule has 5 rings (SSSR count). The van der Waals surface area contributed by atoms with Crippen LogP contribution >= 0.6 is 0 Å². The lowest BCUT2D eigenvalue weighted by Crippen LogP contribution is -2.40. The summed E-state index contributed by atoms with van der Waals surface area (Å²) in [5.74, 6) is 0.802. The molecule has 1 N–H and O–H groups in total. The minimum Gasteiger partial charge on any atom is -0.494 e. The molecule has 4 aromatic rings. The van der Waals surface area contributed by atoms with Gasteiger partial charge in [-0.25, -0.2) is 17.8 Å². The summed E-state index contributed by atoms with van der Waals surface area (Å²) in [6, 6.07) is 19.7. The number of benzene rings is 2. The zero-order valence-corrected chi connectivity index (χ0v) is 21.9. The largest absolute Gasteiger partial charge is 0.494 e. The van der Waals surface area contributed by atoms with Gasteiger partial charge in [0.1, 0.15) is 11.4 Å². The van der Waals surface area contributed by atoms with Crippen LogP contribution in [0.5, 0.6) is 5.75 Å². The molecule has 0 spiro atoms. The summed E-state index contributed by atoms with van der Waals surface area (Å²) in [6.07, 6.45) is 5.83. The smallest absolute Gasteiger partial charge is 0.208 e. The Kier molecular flexibility index (Phi) is 7.40. The zero-order valence-electron chi connectivity index (χ0n) is 21.1. The van der Waals surface area contributed by atoms with Crippen molar-refractivity contribution in [3.63, 3.8) is 0 Å². The normalized spacial score (nSPS) is 16.0. The molecule has 1 fully saturated rings. The van der Waals surface area contributed by atoms with Gasteiger partial charge in [-0.1, -0.05) is 24.3 Å². The Morgan fingerprint density at radius 1 is 1.00 bits per heavy atom. The van der Waals surface area contributed by atoms with Gasteiger partial charge in [-0.05, 0) is 42.8 Å². The van der Waals surface area contributed by atoms with E-state index < -0.39 is 10.0 Å². The summed E-state index contributed by atoms with van der Waals surface area (Å²) in [5.41, 5.74) is 3.72. The Balaban J connectivity index is 1.42. The minimum atomic E-state index is -3.35. The first-order valence-electron chi connectivity index (χ1n) is 12.4. The van der Waals surface area contributed by atoms with Crippen LogP contribution in [0.3, 0.4) is 0 Å². The van der Waals surface area contributed by atoms with E-state index in [4.69, 9.17) is 9.84 Å². The van der Waals surface area contributed by atoms with E-state index in [1.54, 1.807) is 7.11 Å². The second-order valence-electron chi connectivity index (χ2n) is 9.23. The molecule has 0 bridgehead atoms. The third-order valence-corrected chi connectivity index (χ3v) is 7.42. The second-order valence-corrected chi connectivity index (χ2v) is 11.1. The van der Waals surface area contributed by atoms with Gasteiger partial charge in [-0.2, -0.15) is 5.10 Å². The Morgan fingerprint density at radius 3 is 2.62 bits per heavy atom. The van der Waals surface area contributed by atoms with Crippen LogP contribution in [0.1, 0.15) is 18.2 Å². The molecule has 0 aliphatic carbocycles. The van der Waals surface area contributed by atoms with Crippen LogP contribution in [0.15, 0.2) is 73.1 Å². The number of fused-ring (bicyclic) bond motifs is 1. The lowest BCUT2D eigenvalue weighted by atomic mass is 10.1. The van der Waals surface area contributed by atoms with Crippen LogP contribution in [0.2, 0.25) is 0 Å². The summed E-state index contributed by atoms with van der Waals surface area (Å²) in [5, 5.41) is 5.90. The maximum Gasteiger partial charge on any atom is 0.208 e. The maximum absolute atomic E-state index is 12.0. The van der Waals surface area contributed by atoms with Gasteiger partial charge in [0.05, 0.1) is 36.3 Å². The van der Waals surface area contributed by atoms with E-state index in [1.807, 2.05) is 71.7 Å². The standard InChI is InChI=1S/C27H32N6O3S/c1-36-25-12-11-21-8-6-14-28-26(21)27(25)32-16-7-15-31(18-19-32)24(20-29-37(2,34)35)23-13-17-33(30-23)22-9-4-3-5-10-22/h3-6,8-14,17,24,29H,7,15-16,18-20H2,1-2H3. The number of aromatic nitrogens is 3. The van der Waals surface area contributed by atoms with Crippen molar-refractivity contribution in [2.24, 2.45) is 0 Å². The van der Waals surface area contributed by atoms with Gasteiger partial charge in [0.2, 0.25) is 10.0 Å². The van der Waals surface area contributed by atoms with Crippen LogP contribution in [0, 0.1) is 0 Å². The third-order valence-electron chi connectivity index (χ3n) is 6.73. The summed E-state index contributed by atoms with van der Waals surface area (Å²) < 4.78 is 34.3. The van der Waals surface area contributed by atoms with Crippen LogP contribution in [0.25, 0.3) is 16.6 Å². The fourth-order valence-corrected chi connectivity index (χ4v) is 5.41. The van der Waals surface area contributed by atoms with Crippen molar-refractivity contribution in [3.05, 3.63) is 78.8 Å². The van der Waals surface area contributed by atoms with E-state index in [0.29, 0.717) is 0 Å². The average molecular weight is 521 g/mol. The summed E-state index contributed by atoms with van der Waals surface area (Å²) in [4.78, 5) is 9.31. The fraction of sp³-hybridized carbons (Fsp3) is 0.333. The third kappa shape index (κ3) is 5.76. The molecule has 0 amide bonds. The van der Waals surface area contributed by atoms with Crippen molar-refractivity contribution >= 4 is 26.6 Å². The summed E-state index contributed by atoms with van der Waals surface area (Å²) >= 11 is 0. The number of methoxy groups -OCH3 is 1. The van der Waals surface area contributed by atoms with E-state index in [2.05, 4.69) is 25.6 Å². The highest BCUT2D eigenvalue weighted by molar-refractivity contribution is 7.88. The molecule has 1 unspecified atom stereocenters. The number of pyridine rings is 1. The number of ether oxygens (including phenoxy) is 1. The van der Waals surface area contributed by atoms with Gasteiger partial charge in [0.15, 0.2) is 0 Å². The number of hydrogen-bond donors (Lipinski definition) is 1. The number of anilines is 1. The Morgan fingerprint density at radius 2 is 1.84 bits per heavy atom. The average Bonchev–Trinajstić information content (AvgIpc) is 3.27. The molecule has 37 heavy (non-hydrogen) atoms. The number of hydrogen-bond acceptors (Lipinski definition) is 7. The number of sulfonamides is 1.